The van der Waals surface area contributed by atoms with Crippen LogP contribution in [-0.2, 0) is 0 Å². The maximum absolute atomic E-state index is 6.11. The van der Waals surface area contributed by atoms with E-state index in [2.05, 4.69) is 147 Å². The first kappa shape index (κ1) is 26.0. The quantitative estimate of drug-likeness (QED) is 0.194. The predicted molar refractivity (Wildman–Crippen MR) is 201 cm³/mol. The monoisotopic (exact) mass is 631 g/mol. The molecule has 0 bridgehead atoms. The van der Waals surface area contributed by atoms with E-state index in [9.17, 15) is 0 Å². The van der Waals surface area contributed by atoms with Crippen molar-refractivity contribution in [2.24, 2.45) is 0 Å². The number of thiophene rings is 1. The zero-order valence-corrected chi connectivity index (χ0v) is 26.4. The Balaban J connectivity index is 1.07. The zero-order valence-electron chi connectivity index (χ0n) is 25.6. The Hall–Kier alpha value is -6.17. The normalized spacial score (nSPS) is 12.2. The molecule has 0 N–H and O–H groups in total. The Bertz CT molecular complexity index is 3080. The number of fused-ring (bicyclic) bond motifs is 12. The fourth-order valence-corrected chi connectivity index (χ4v) is 8.57. The lowest BCUT2D eigenvalue weighted by Gasteiger charge is -2.12. The van der Waals surface area contributed by atoms with E-state index in [4.69, 9.17) is 4.42 Å². The standard InChI is InChI=1S/C43H25N3OS/c1-3-10-37-31(8-1)34-23-28(29-14-17-42-35(24-29)33-9-2-4-11-41(33)47-42)13-16-38(34)45(37)30-7-5-6-26(22-30)27-12-15-32-36(25-27)43-40(19-21-48-43)46-39(32)18-20-44-46/h1-25H. The summed E-state index contributed by atoms with van der Waals surface area (Å²) >= 11 is 1.77. The second kappa shape index (κ2) is 9.67. The molecule has 11 rings (SSSR count). The maximum atomic E-state index is 6.11. The topological polar surface area (TPSA) is 35.4 Å². The van der Waals surface area contributed by atoms with Gasteiger partial charge >= 0.3 is 0 Å². The van der Waals surface area contributed by atoms with E-state index >= 15 is 0 Å². The third-order valence-corrected chi connectivity index (χ3v) is 10.8. The van der Waals surface area contributed by atoms with Gasteiger partial charge in [-0.1, -0.05) is 72.8 Å². The highest BCUT2D eigenvalue weighted by molar-refractivity contribution is 7.18. The van der Waals surface area contributed by atoms with Gasteiger partial charge in [-0.05, 0) is 94.4 Å². The van der Waals surface area contributed by atoms with E-state index in [-0.39, 0.29) is 0 Å². The highest BCUT2D eigenvalue weighted by Crippen LogP contribution is 2.39. The number of benzene rings is 6. The molecule has 5 heteroatoms. The molecule has 5 heterocycles. The van der Waals surface area contributed by atoms with Crippen LogP contribution in [0, 0.1) is 0 Å². The Morgan fingerprint density at radius 1 is 0.458 bits per heavy atom. The van der Waals surface area contributed by atoms with Crippen molar-refractivity contribution in [3.05, 3.63) is 151 Å². The van der Waals surface area contributed by atoms with Crippen LogP contribution in [0.25, 0.3) is 98.2 Å². The molecule has 0 amide bonds. The molecule has 224 valence electrons. The first-order chi connectivity index (χ1) is 23.8. The summed E-state index contributed by atoms with van der Waals surface area (Å²) in [5.74, 6) is 0. The lowest BCUT2D eigenvalue weighted by molar-refractivity contribution is 0.669. The van der Waals surface area contributed by atoms with Crippen molar-refractivity contribution in [2.75, 3.05) is 0 Å². The number of hydrogen-bond acceptors (Lipinski definition) is 3. The van der Waals surface area contributed by atoms with Crippen LogP contribution in [0.1, 0.15) is 0 Å². The smallest absolute Gasteiger partial charge is 0.135 e. The first-order valence-electron chi connectivity index (χ1n) is 16.1. The van der Waals surface area contributed by atoms with E-state index in [1.807, 2.05) is 18.3 Å². The van der Waals surface area contributed by atoms with Crippen molar-refractivity contribution < 1.29 is 4.42 Å². The molecule has 0 saturated carbocycles. The first-order valence-corrected chi connectivity index (χ1v) is 17.0. The Labute approximate surface area is 278 Å². The van der Waals surface area contributed by atoms with Gasteiger partial charge in [-0.25, -0.2) is 4.52 Å². The molecule has 48 heavy (non-hydrogen) atoms. The van der Waals surface area contributed by atoms with Crippen molar-refractivity contribution >= 4 is 81.6 Å². The van der Waals surface area contributed by atoms with Crippen LogP contribution >= 0.6 is 11.3 Å². The van der Waals surface area contributed by atoms with Gasteiger partial charge in [0.25, 0.3) is 0 Å². The molecular formula is C43H25N3OS. The lowest BCUT2D eigenvalue weighted by atomic mass is 10.0. The Morgan fingerprint density at radius 2 is 1.17 bits per heavy atom. The molecule has 0 fully saturated rings. The van der Waals surface area contributed by atoms with Crippen LogP contribution < -0.4 is 0 Å². The van der Waals surface area contributed by atoms with Gasteiger partial charge in [0.05, 0.1) is 33.0 Å². The van der Waals surface area contributed by atoms with Gasteiger partial charge in [0.2, 0.25) is 0 Å². The third-order valence-electron chi connectivity index (χ3n) is 9.88. The molecule has 0 aliphatic rings. The third kappa shape index (κ3) is 3.62. The van der Waals surface area contributed by atoms with Gasteiger partial charge in [0, 0.05) is 38.0 Å². The number of para-hydroxylation sites is 2. The molecule has 0 aliphatic carbocycles. The second-order valence-electron chi connectivity index (χ2n) is 12.5. The van der Waals surface area contributed by atoms with Crippen molar-refractivity contribution in [3.8, 4) is 27.9 Å². The summed E-state index contributed by atoms with van der Waals surface area (Å²) in [4.78, 5) is 0. The van der Waals surface area contributed by atoms with E-state index < -0.39 is 0 Å². The molecule has 6 aromatic carbocycles. The number of hydrogen-bond donors (Lipinski definition) is 0. The van der Waals surface area contributed by atoms with E-state index in [0.29, 0.717) is 0 Å². The molecule has 0 radical (unpaired) electrons. The number of nitrogens with zero attached hydrogens (tertiary/aromatic N) is 3. The average molecular weight is 632 g/mol. The highest BCUT2D eigenvalue weighted by Gasteiger charge is 2.16. The predicted octanol–water partition coefficient (Wildman–Crippen LogP) is 12.0. The van der Waals surface area contributed by atoms with Crippen molar-refractivity contribution in [3.63, 3.8) is 0 Å². The number of aromatic nitrogens is 3. The lowest BCUT2D eigenvalue weighted by Crippen LogP contribution is -1.94. The van der Waals surface area contributed by atoms with Crippen LogP contribution in [-0.4, -0.2) is 14.2 Å². The molecule has 0 unspecified atom stereocenters. The molecule has 4 nitrogen and oxygen atoms in total. The molecule has 0 saturated heterocycles. The van der Waals surface area contributed by atoms with Gasteiger partial charge < -0.3 is 8.98 Å². The minimum atomic E-state index is 0.916. The largest absolute Gasteiger partial charge is 0.456 e. The van der Waals surface area contributed by atoms with Gasteiger partial charge in [0.1, 0.15) is 11.2 Å². The maximum Gasteiger partial charge on any atom is 0.135 e. The van der Waals surface area contributed by atoms with Gasteiger partial charge in [-0.2, -0.15) is 5.10 Å². The summed E-state index contributed by atoms with van der Waals surface area (Å²) in [6.45, 7) is 0. The summed E-state index contributed by atoms with van der Waals surface area (Å²) in [6, 6.07) is 50.4. The van der Waals surface area contributed by atoms with Crippen LogP contribution in [0.5, 0.6) is 0 Å². The van der Waals surface area contributed by atoms with E-state index in [1.165, 1.54) is 59.5 Å². The number of pyridine rings is 1. The molecule has 0 spiro atoms. The summed E-state index contributed by atoms with van der Waals surface area (Å²) < 4.78 is 11.8. The SMILES string of the molecule is c1cc(-c2ccc3c(c2)c2sccc2n2nccc32)cc(-n2c3ccccc3c3cc(-c4ccc5oc6ccccc6c5c4)ccc32)c1. The summed E-state index contributed by atoms with van der Waals surface area (Å²) in [5.41, 5.74) is 12.4. The van der Waals surface area contributed by atoms with Crippen LogP contribution in [0.4, 0.5) is 0 Å². The van der Waals surface area contributed by atoms with E-state index in [0.717, 1.165) is 38.7 Å². The molecule has 11 aromatic rings. The summed E-state index contributed by atoms with van der Waals surface area (Å²) in [7, 11) is 0. The van der Waals surface area contributed by atoms with Crippen LogP contribution in [0.2, 0.25) is 0 Å². The van der Waals surface area contributed by atoms with Gasteiger partial charge in [-0.15, -0.1) is 11.3 Å². The van der Waals surface area contributed by atoms with Crippen molar-refractivity contribution in [1.82, 2.24) is 14.2 Å². The molecule has 0 atom stereocenters. The zero-order chi connectivity index (χ0) is 31.3. The fourth-order valence-electron chi connectivity index (χ4n) is 7.67. The number of furan rings is 1. The summed E-state index contributed by atoms with van der Waals surface area (Å²) in [5, 5.41) is 14.0. The van der Waals surface area contributed by atoms with Crippen LogP contribution in [0.3, 0.4) is 0 Å². The van der Waals surface area contributed by atoms with Gasteiger partial charge in [-0.3, -0.25) is 0 Å². The summed E-state index contributed by atoms with van der Waals surface area (Å²) in [6.07, 6.45) is 1.89. The molecule has 0 aliphatic heterocycles. The van der Waals surface area contributed by atoms with Crippen molar-refractivity contribution in [2.45, 2.75) is 0 Å². The number of rotatable bonds is 3. The Morgan fingerprint density at radius 3 is 2.10 bits per heavy atom. The molecular weight excluding hydrogens is 607 g/mol. The minimum Gasteiger partial charge on any atom is -0.456 e. The average Bonchev–Trinajstić information content (AvgIpc) is 3.95. The fraction of sp³-hybridized carbons (Fsp3) is 0. The highest BCUT2D eigenvalue weighted by atomic mass is 32.1. The second-order valence-corrected chi connectivity index (χ2v) is 13.4. The van der Waals surface area contributed by atoms with Gasteiger partial charge in [0.15, 0.2) is 0 Å². The van der Waals surface area contributed by atoms with Crippen molar-refractivity contribution in [1.29, 1.82) is 0 Å². The van der Waals surface area contributed by atoms with Crippen LogP contribution in [0.15, 0.2) is 156 Å². The molecule has 5 aromatic heterocycles. The minimum absolute atomic E-state index is 0.916. The van der Waals surface area contributed by atoms with E-state index in [1.54, 1.807) is 11.3 Å². The Kier molecular flexibility index (Phi) is 5.23.